The van der Waals surface area contributed by atoms with Gasteiger partial charge in [-0.25, -0.2) is 0 Å². The van der Waals surface area contributed by atoms with Crippen LogP contribution in [-0.2, 0) is 11.2 Å². The van der Waals surface area contributed by atoms with Crippen LogP contribution in [0.25, 0.3) is 0 Å². The van der Waals surface area contributed by atoms with E-state index in [0.717, 1.165) is 18.4 Å². The molecular formula is C14H17NO3. The number of hydrogen-bond acceptors (Lipinski definition) is 3. The maximum absolute atomic E-state index is 11.6. The first kappa shape index (κ1) is 12.7. The van der Waals surface area contributed by atoms with Crippen LogP contribution in [-0.4, -0.2) is 17.3 Å². The average Bonchev–Trinajstić information content (AvgIpc) is 2.28. The van der Waals surface area contributed by atoms with Crippen molar-refractivity contribution in [3.63, 3.8) is 0 Å². The molecule has 1 aliphatic rings. The Balaban J connectivity index is 2.19. The molecule has 1 saturated carbocycles. The zero-order valence-corrected chi connectivity index (χ0v) is 10.3. The smallest absolute Gasteiger partial charge is 0.210 e. The maximum atomic E-state index is 11.6. The van der Waals surface area contributed by atoms with Gasteiger partial charge >= 0.3 is 0 Å². The van der Waals surface area contributed by atoms with Gasteiger partial charge in [0.05, 0.1) is 0 Å². The second-order valence-corrected chi connectivity index (χ2v) is 5.22. The standard InChI is InChI=1S/C14H17NO3/c16-13-7-4-8-14(10-13,11-15(17)18)9-12-5-2-1-3-6-12/h1-3,5-6H,4,7-11H2/t14-/m0/s1. The van der Waals surface area contributed by atoms with E-state index in [0.29, 0.717) is 19.3 Å². The fourth-order valence-corrected chi connectivity index (χ4v) is 2.90. The van der Waals surface area contributed by atoms with E-state index in [4.69, 9.17) is 0 Å². The Bertz CT molecular complexity index is 440. The number of nitro groups is 1. The largest absolute Gasteiger partial charge is 0.300 e. The van der Waals surface area contributed by atoms with Crippen LogP contribution in [0.1, 0.15) is 31.2 Å². The van der Waals surface area contributed by atoms with E-state index in [2.05, 4.69) is 0 Å². The summed E-state index contributed by atoms with van der Waals surface area (Å²) >= 11 is 0. The van der Waals surface area contributed by atoms with E-state index >= 15 is 0 Å². The van der Waals surface area contributed by atoms with Crippen molar-refractivity contribution in [1.29, 1.82) is 0 Å². The number of carbonyl (C=O) groups excluding carboxylic acids is 1. The van der Waals surface area contributed by atoms with Crippen molar-refractivity contribution in [1.82, 2.24) is 0 Å². The van der Waals surface area contributed by atoms with Gasteiger partial charge in [0.1, 0.15) is 5.78 Å². The van der Waals surface area contributed by atoms with Crippen molar-refractivity contribution in [2.45, 2.75) is 32.1 Å². The lowest BCUT2D eigenvalue weighted by Gasteiger charge is -2.32. The van der Waals surface area contributed by atoms with E-state index in [1.807, 2.05) is 30.3 Å². The van der Waals surface area contributed by atoms with E-state index in [1.54, 1.807) is 0 Å². The average molecular weight is 247 g/mol. The summed E-state index contributed by atoms with van der Waals surface area (Å²) in [7, 11) is 0. The van der Waals surface area contributed by atoms with Gasteiger partial charge in [-0.15, -0.1) is 0 Å². The van der Waals surface area contributed by atoms with Crippen LogP contribution < -0.4 is 0 Å². The molecule has 1 aliphatic carbocycles. The molecule has 4 nitrogen and oxygen atoms in total. The van der Waals surface area contributed by atoms with Crippen LogP contribution in [0.4, 0.5) is 0 Å². The van der Waals surface area contributed by atoms with Crippen molar-refractivity contribution in [2.24, 2.45) is 5.41 Å². The molecule has 1 fully saturated rings. The molecule has 2 rings (SSSR count). The lowest BCUT2D eigenvalue weighted by molar-refractivity contribution is -0.498. The van der Waals surface area contributed by atoms with Crippen molar-refractivity contribution in [3.05, 3.63) is 46.0 Å². The normalized spacial score (nSPS) is 23.9. The maximum Gasteiger partial charge on any atom is 0.210 e. The van der Waals surface area contributed by atoms with Crippen LogP contribution in [0, 0.1) is 15.5 Å². The third-order valence-electron chi connectivity index (χ3n) is 3.62. The molecule has 0 aromatic heterocycles. The molecule has 0 heterocycles. The van der Waals surface area contributed by atoms with Gasteiger partial charge in [0.2, 0.25) is 6.54 Å². The molecule has 0 saturated heterocycles. The van der Waals surface area contributed by atoms with Gasteiger partial charge in [0, 0.05) is 23.2 Å². The Morgan fingerprint density at radius 3 is 2.61 bits per heavy atom. The number of nitrogens with zero attached hydrogens (tertiary/aromatic N) is 1. The first-order chi connectivity index (χ1) is 8.60. The number of ketones is 1. The second-order valence-electron chi connectivity index (χ2n) is 5.22. The molecule has 0 N–H and O–H groups in total. The summed E-state index contributed by atoms with van der Waals surface area (Å²) in [5.74, 6) is 0.166. The van der Waals surface area contributed by atoms with Crippen molar-refractivity contribution >= 4 is 5.78 Å². The molecule has 96 valence electrons. The highest BCUT2D eigenvalue weighted by molar-refractivity contribution is 5.80. The Hall–Kier alpha value is -1.71. The monoisotopic (exact) mass is 247 g/mol. The summed E-state index contributed by atoms with van der Waals surface area (Å²) < 4.78 is 0. The minimum absolute atomic E-state index is 0.104. The Kier molecular flexibility index (Phi) is 3.75. The van der Waals surface area contributed by atoms with Crippen molar-refractivity contribution < 1.29 is 9.72 Å². The minimum Gasteiger partial charge on any atom is -0.300 e. The molecule has 18 heavy (non-hydrogen) atoms. The SMILES string of the molecule is O=C1CCC[C@@](Cc2ccccc2)(C[N+](=O)[O-])C1. The van der Waals surface area contributed by atoms with Gasteiger partial charge in [-0.3, -0.25) is 14.9 Å². The zero-order chi connectivity index (χ0) is 13.0. The predicted octanol–water partition coefficient (Wildman–Crippen LogP) is 2.64. The van der Waals surface area contributed by atoms with Crippen LogP contribution >= 0.6 is 0 Å². The number of Topliss-reactive ketones (excluding diaryl/α,β-unsaturated/α-hetero) is 1. The summed E-state index contributed by atoms with van der Waals surface area (Å²) in [5.41, 5.74) is 0.606. The van der Waals surface area contributed by atoms with Gasteiger partial charge < -0.3 is 0 Å². The van der Waals surface area contributed by atoms with Crippen LogP contribution in [0.5, 0.6) is 0 Å². The first-order valence-corrected chi connectivity index (χ1v) is 6.27. The molecule has 0 bridgehead atoms. The third kappa shape index (κ3) is 3.15. The summed E-state index contributed by atoms with van der Waals surface area (Å²) in [6.07, 6.45) is 3.10. The van der Waals surface area contributed by atoms with Crippen LogP contribution in [0.2, 0.25) is 0 Å². The summed E-state index contributed by atoms with van der Waals surface area (Å²) in [4.78, 5) is 22.2. The van der Waals surface area contributed by atoms with Crippen LogP contribution in [0.15, 0.2) is 30.3 Å². The topological polar surface area (TPSA) is 60.2 Å². The third-order valence-corrected chi connectivity index (χ3v) is 3.62. The number of benzene rings is 1. The molecule has 4 heteroatoms. The second kappa shape index (κ2) is 5.29. The minimum atomic E-state index is -0.472. The van der Waals surface area contributed by atoms with E-state index in [-0.39, 0.29) is 17.3 Å². The van der Waals surface area contributed by atoms with Gasteiger partial charge in [-0.1, -0.05) is 30.3 Å². The molecular weight excluding hydrogens is 230 g/mol. The highest BCUT2D eigenvalue weighted by Gasteiger charge is 2.40. The zero-order valence-electron chi connectivity index (χ0n) is 10.3. The van der Waals surface area contributed by atoms with E-state index in [1.165, 1.54) is 0 Å². The molecule has 0 spiro atoms. The molecule has 0 amide bonds. The molecule has 0 radical (unpaired) electrons. The number of carbonyl (C=O) groups is 1. The van der Waals surface area contributed by atoms with Gasteiger partial charge in [-0.2, -0.15) is 0 Å². The Morgan fingerprint density at radius 1 is 1.28 bits per heavy atom. The predicted molar refractivity (Wildman–Crippen MR) is 67.9 cm³/mol. The van der Waals surface area contributed by atoms with Gasteiger partial charge in [0.15, 0.2) is 0 Å². The highest BCUT2D eigenvalue weighted by Crippen LogP contribution is 2.37. The molecule has 1 aromatic carbocycles. The molecule has 1 aromatic rings. The van der Waals surface area contributed by atoms with Crippen molar-refractivity contribution in [3.8, 4) is 0 Å². The summed E-state index contributed by atoms with van der Waals surface area (Å²) in [6.45, 7) is -0.104. The van der Waals surface area contributed by atoms with E-state index < -0.39 is 5.41 Å². The number of hydrogen-bond donors (Lipinski definition) is 0. The summed E-state index contributed by atoms with van der Waals surface area (Å²) in [5, 5.41) is 10.9. The fourth-order valence-electron chi connectivity index (χ4n) is 2.90. The first-order valence-electron chi connectivity index (χ1n) is 6.27. The molecule has 0 unspecified atom stereocenters. The highest BCUT2D eigenvalue weighted by atomic mass is 16.6. The fraction of sp³-hybridized carbons (Fsp3) is 0.500. The molecule has 0 aliphatic heterocycles. The Morgan fingerprint density at radius 2 is 2.00 bits per heavy atom. The molecule has 1 atom stereocenters. The van der Waals surface area contributed by atoms with Crippen LogP contribution in [0.3, 0.4) is 0 Å². The number of rotatable bonds is 4. The lowest BCUT2D eigenvalue weighted by Crippen LogP contribution is -2.37. The van der Waals surface area contributed by atoms with E-state index in [9.17, 15) is 14.9 Å². The summed E-state index contributed by atoms with van der Waals surface area (Å²) in [6, 6.07) is 9.73. The quantitative estimate of drug-likeness (QED) is 0.607. The van der Waals surface area contributed by atoms with Gasteiger partial charge in [0.25, 0.3) is 0 Å². The van der Waals surface area contributed by atoms with Crippen molar-refractivity contribution in [2.75, 3.05) is 6.54 Å². The van der Waals surface area contributed by atoms with Gasteiger partial charge in [-0.05, 0) is 24.8 Å². The lowest BCUT2D eigenvalue weighted by atomic mass is 9.70. The Labute approximate surface area is 106 Å².